The number of hydrogen-bond donors (Lipinski definition) is 2. The number of furan rings is 1. The zero-order valence-electron chi connectivity index (χ0n) is 15.9. The number of piperidine rings is 1. The zero-order valence-corrected chi connectivity index (χ0v) is 15.9. The Morgan fingerprint density at radius 2 is 1.93 bits per heavy atom. The van der Waals surface area contributed by atoms with E-state index in [-0.39, 0.29) is 12.5 Å². The first-order valence-corrected chi connectivity index (χ1v) is 9.89. The van der Waals surface area contributed by atoms with Gasteiger partial charge in [-0.15, -0.1) is 0 Å². The lowest BCUT2D eigenvalue weighted by molar-refractivity contribution is 0.0929. The van der Waals surface area contributed by atoms with E-state index < -0.39 is 0 Å². The molecular formula is C23H26N2O3. The standard InChI is InChI=1S/C23H26N2O3/c26-16-20-11-10-19(28-20)15-25-12-4-5-17(14-25)13-24-23(27)22-9-3-7-18-6-1-2-8-21(18)22/h1-3,6-11,17,26H,4-5,12-16H2,(H,24,27)/t17-/m1/s1. The molecule has 2 N–H and O–H groups in total. The third kappa shape index (κ3) is 4.26. The van der Waals surface area contributed by atoms with Gasteiger partial charge in [0.25, 0.3) is 5.91 Å². The molecule has 0 unspecified atom stereocenters. The molecule has 0 radical (unpaired) electrons. The Balaban J connectivity index is 1.34. The molecule has 28 heavy (non-hydrogen) atoms. The molecule has 1 aromatic heterocycles. The molecule has 146 valence electrons. The highest BCUT2D eigenvalue weighted by atomic mass is 16.4. The maximum Gasteiger partial charge on any atom is 0.251 e. The number of carbonyl (C=O) groups excluding carboxylic acids is 1. The minimum Gasteiger partial charge on any atom is -0.462 e. The molecule has 1 aliphatic rings. The fourth-order valence-electron chi connectivity index (χ4n) is 4.03. The third-order valence-electron chi connectivity index (χ3n) is 5.44. The molecule has 3 aromatic rings. The molecule has 1 atom stereocenters. The van der Waals surface area contributed by atoms with Crippen molar-refractivity contribution < 1.29 is 14.3 Å². The number of likely N-dealkylation sites (tertiary alicyclic amines) is 1. The highest BCUT2D eigenvalue weighted by Gasteiger charge is 2.22. The smallest absolute Gasteiger partial charge is 0.251 e. The summed E-state index contributed by atoms with van der Waals surface area (Å²) in [5, 5.41) is 14.3. The zero-order chi connectivity index (χ0) is 19.3. The van der Waals surface area contributed by atoms with Crippen LogP contribution in [0.4, 0.5) is 0 Å². The highest BCUT2D eigenvalue weighted by Crippen LogP contribution is 2.21. The number of hydrogen-bond acceptors (Lipinski definition) is 4. The van der Waals surface area contributed by atoms with Crippen LogP contribution in [-0.4, -0.2) is 35.5 Å². The van der Waals surface area contributed by atoms with Gasteiger partial charge in [0.2, 0.25) is 0 Å². The van der Waals surface area contributed by atoms with Gasteiger partial charge in [0.1, 0.15) is 18.1 Å². The summed E-state index contributed by atoms with van der Waals surface area (Å²) < 4.78 is 5.61. The van der Waals surface area contributed by atoms with Gasteiger partial charge in [0, 0.05) is 18.7 Å². The second kappa shape index (κ2) is 8.59. The summed E-state index contributed by atoms with van der Waals surface area (Å²) in [6.07, 6.45) is 2.23. The second-order valence-corrected chi connectivity index (χ2v) is 7.51. The lowest BCUT2D eigenvalue weighted by atomic mass is 9.97. The molecule has 1 saturated heterocycles. The Hall–Kier alpha value is -2.63. The summed E-state index contributed by atoms with van der Waals surface area (Å²) in [7, 11) is 0. The monoisotopic (exact) mass is 378 g/mol. The van der Waals surface area contributed by atoms with E-state index in [2.05, 4.69) is 10.2 Å². The quantitative estimate of drug-likeness (QED) is 0.688. The van der Waals surface area contributed by atoms with E-state index in [0.29, 0.717) is 18.2 Å². The average molecular weight is 378 g/mol. The highest BCUT2D eigenvalue weighted by molar-refractivity contribution is 6.06. The van der Waals surface area contributed by atoms with Gasteiger partial charge in [0.15, 0.2) is 0 Å². The molecule has 4 rings (SSSR count). The van der Waals surface area contributed by atoms with Crippen molar-refractivity contribution in [3.05, 3.63) is 71.7 Å². The van der Waals surface area contributed by atoms with E-state index in [1.807, 2.05) is 54.6 Å². The van der Waals surface area contributed by atoms with Crippen LogP contribution in [-0.2, 0) is 13.2 Å². The number of nitrogens with zero attached hydrogens (tertiary/aromatic N) is 1. The molecule has 0 spiro atoms. The number of amides is 1. The number of carbonyl (C=O) groups is 1. The fourth-order valence-corrected chi connectivity index (χ4v) is 4.03. The predicted molar refractivity (Wildman–Crippen MR) is 109 cm³/mol. The third-order valence-corrected chi connectivity index (χ3v) is 5.44. The summed E-state index contributed by atoms with van der Waals surface area (Å²) in [5.41, 5.74) is 0.734. The summed E-state index contributed by atoms with van der Waals surface area (Å²) >= 11 is 0. The molecule has 0 aliphatic carbocycles. The van der Waals surface area contributed by atoms with Crippen molar-refractivity contribution in [1.29, 1.82) is 0 Å². The number of aliphatic hydroxyl groups is 1. The molecular weight excluding hydrogens is 352 g/mol. The number of rotatable bonds is 6. The summed E-state index contributed by atoms with van der Waals surface area (Å²) in [4.78, 5) is 15.1. The van der Waals surface area contributed by atoms with E-state index in [1.165, 1.54) is 0 Å². The number of aliphatic hydroxyl groups excluding tert-OH is 1. The van der Waals surface area contributed by atoms with Gasteiger partial charge in [-0.05, 0) is 54.3 Å². The summed E-state index contributed by atoms with van der Waals surface area (Å²) in [6.45, 7) is 3.32. The van der Waals surface area contributed by atoms with Crippen LogP contribution in [0, 0.1) is 5.92 Å². The fraction of sp³-hybridized carbons (Fsp3) is 0.348. The molecule has 5 nitrogen and oxygen atoms in total. The van der Waals surface area contributed by atoms with Gasteiger partial charge in [-0.2, -0.15) is 0 Å². The maximum atomic E-state index is 12.7. The van der Waals surface area contributed by atoms with Crippen LogP contribution < -0.4 is 5.32 Å². The van der Waals surface area contributed by atoms with Gasteiger partial charge >= 0.3 is 0 Å². The average Bonchev–Trinajstić information content (AvgIpc) is 3.19. The molecule has 5 heteroatoms. The van der Waals surface area contributed by atoms with Crippen LogP contribution in [0.3, 0.4) is 0 Å². The van der Waals surface area contributed by atoms with E-state index >= 15 is 0 Å². The van der Waals surface area contributed by atoms with Crippen molar-refractivity contribution in [1.82, 2.24) is 10.2 Å². The van der Waals surface area contributed by atoms with E-state index in [4.69, 9.17) is 9.52 Å². The minimum atomic E-state index is -0.0666. The number of nitrogens with one attached hydrogen (secondary N) is 1. The molecule has 0 bridgehead atoms. The van der Waals surface area contributed by atoms with E-state index in [9.17, 15) is 4.79 Å². The lowest BCUT2D eigenvalue weighted by Crippen LogP contribution is -2.40. The molecule has 0 saturated carbocycles. The SMILES string of the molecule is O=C(NC[C@H]1CCCN(Cc2ccc(CO)o2)C1)c1cccc2ccccc12. The van der Waals surface area contributed by atoms with Gasteiger partial charge in [-0.25, -0.2) is 0 Å². The van der Waals surface area contributed by atoms with E-state index in [1.54, 1.807) is 0 Å². The van der Waals surface area contributed by atoms with Gasteiger partial charge in [-0.3, -0.25) is 9.69 Å². The lowest BCUT2D eigenvalue weighted by Gasteiger charge is -2.32. The van der Waals surface area contributed by atoms with E-state index in [0.717, 1.165) is 54.6 Å². The Morgan fingerprint density at radius 3 is 2.79 bits per heavy atom. The summed E-state index contributed by atoms with van der Waals surface area (Å²) in [6, 6.07) is 17.6. The Kier molecular flexibility index (Phi) is 5.74. The molecule has 2 aromatic carbocycles. The van der Waals surface area contributed by atoms with Crippen LogP contribution in [0.1, 0.15) is 34.7 Å². The van der Waals surface area contributed by atoms with Crippen LogP contribution in [0.15, 0.2) is 59.0 Å². The minimum absolute atomic E-state index is 0.00690. The van der Waals surface area contributed by atoms with Crippen LogP contribution >= 0.6 is 0 Å². The van der Waals surface area contributed by atoms with Crippen molar-refractivity contribution in [2.45, 2.75) is 26.0 Å². The predicted octanol–water partition coefficient (Wildman–Crippen LogP) is 3.57. The van der Waals surface area contributed by atoms with Crippen molar-refractivity contribution in [2.24, 2.45) is 5.92 Å². The van der Waals surface area contributed by atoms with Crippen LogP contribution in [0.5, 0.6) is 0 Å². The largest absolute Gasteiger partial charge is 0.462 e. The topological polar surface area (TPSA) is 65.7 Å². The van der Waals surface area contributed by atoms with Gasteiger partial charge in [0.05, 0.1) is 6.54 Å². The first-order chi connectivity index (χ1) is 13.7. The van der Waals surface area contributed by atoms with Gasteiger partial charge in [-0.1, -0.05) is 36.4 Å². The second-order valence-electron chi connectivity index (χ2n) is 7.51. The molecule has 1 fully saturated rings. The first-order valence-electron chi connectivity index (χ1n) is 9.89. The normalized spacial score (nSPS) is 17.7. The Morgan fingerprint density at radius 1 is 1.11 bits per heavy atom. The Bertz CT molecular complexity index is 944. The number of benzene rings is 2. The molecule has 1 aliphatic heterocycles. The van der Waals surface area contributed by atoms with Crippen molar-refractivity contribution in [3.8, 4) is 0 Å². The Labute approximate surface area is 165 Å². The van der Waals surface area contributed by atoms with Crippen molar-refractivity contribution >= 4 is 16.7 Å². The first kappa shape index (κ1) is 18.7. The maximum absolute atomic E-state index is 12.7. The van der Waals surface area contributed by atoms with Crippen molar-refractivity contribution in [3.63, 3.8) is 0 Å². The molecule has 2 heterocycles. The van der Waals surface area contributed by atoms with Crippen LogP contribution in [0.25, 0.3) is 10.8 Å². The van der Waals surface area contributed by atoms with Crippen molar-refractivity contribution in [2.75, 3.05) is 19.6 Å². The summed E-state index contributed by atoms with van der Waals surface area (Å²) in [5.74, 6) is 1.91. The van der Waals surface area contributed by atoms with Crippen LogP contribution in [0.2, 0.25) is 0 Å². The molecule has 1 amide bonds. The number of fused-ring (bicyclic) bond motifs is 1. The van der Waals surface area contributed by atoms with Gasteiger partial charge < -0.3 is 14.8 Å².